The van der Waals surface area contributed by atoms with Crippen molar-refractivity contribution in [3.05, 3.63) is 11.6 Å². The molecular formula is C24H30O5. The minimum Gasteiger partial charge on any atom is -0.481 e. The molecule has 0 saturated heterocycles. The summed E-state index contributed by atoms with van der Waals surface area (Å²) in [6, 6.07) is 0. The fourth-order valence-electron chi connectivity index (χ4n) is 7.99. The topological polar surface area (TPSA) is 91.7 Å². The lowest BCUT2D eigenvalue weighted by atomic mass is 9.45. The maximum Gasteiger partial charge on any atom is 0.319 e. The van der Waals surface area contributed by atoms with E-state index in [1.165, 1.54) is 5.57 Å². The van der Waals surface area contributed by atoms with Crippen molar-refractivity contribution in [2.24, 2.45) is 46.3 Å². The number of carbonyl (C=O) groups is 3. The van der Waals surface area contributed by atoms with Gasteiger partial charge in [-0.2, -0.15) is 0 Å². The van der Waals surface area contributed by atoms with Crippen LogP contribution in [-0.4, -0.2) is 27.9 Å². The van der Waals surface area contributed by atoms with Crippen LogP contribution in [0.1, 0.15) is 58.8 Å². The van der Waals surface area contributed by atoms with Crippen molar-refractivity contribution in [2.45, 2.75) is 58.8 Å². The molecule has 0 heterocycles. The quantitative estimate of drug-likeness (QED) is 0.558. The second-order valence-corrected chi connectivity index (χ2v) is 10.1. The first-order valence-corrected chi connectivity index (χ1v) is 10.8. The zero-order chi connectivity index (χ0) is 21.1. The van der Waals surface area contributed by atoms with Gasteiger partial charge in [-0.1, -0.05) is 25.3 Å². The van der Waals surface area contributed by atoms with E-state index in [1.54, 1.807) is 0 Å². The maximum absolute atomic E-state index is 12.0. The summed E-state index contributed by atoms with van der Waals surface area (Å²) in [5.74, 6) is 0.695. The van der Waals surface area contributed by atoms with Crippen LogP contribution < -0.4 is 0 Å². The second kappa shape index (κ2) is 6.72. The monoisotopic (exact) mass is 398 g/mol. The van der Waals surface area contributed by atoms with Gasteiger partial charge in [0, 0.05) is 6.42 Å². The third-order valence-corrected chi connectivity index (χ3v) is 9.14. The third kappa shape index (κ3) is 2.64. The lowest BCUT2D eigenvalue weighted by Crippen LogP contribution is -2.55. The number of carbonyl (C=O) groups excluding carboxylic acids is 1. The van der Waals surface area contributed by atoms with E-state index in [2.05, 4.69) is 19.8 Å². The van der Waals surface area contributed by atoms with E-state index in [4.69, 9.17) is 6.42 Å². The number of hydrogen-bond acceptors (Lipinski definition) is 3. The lowest BCUT2D eigenvalue weighted by Gasteiger charge is -2.58. The minimum absolute atomic E-state index is 0.229. The molecule has 5 nitrogen and oxygen atoms in total. The van der Waals surface area contributed by atoms with Crippen molar-refractivity contribution in [1.82, 2.24) is 0 Å². The van der Waals surface area contributed by atoms with Gasteiger partial charge in [-0.25, -0.2) is 0 Å². The molecule has 156 valence electrons. The van der Waals surface area contributed by atoms with Gasteiger partial charge in [-0.05, 0) is 79.6 Å². The number of rotatable bonds is 3. The minimum atomic E-state index is -1.57. The van der Waals surface area contributed by atoms with Crippen LogP contribution in [0.4, 0.5) is 0 Å². The van der Waals surface area contributed by atoms with E-state index in [-0.39, 0.29) is 11.7 Å². The summed E-state index contributed by atoms with van der Waals surface area (Å²) in [5, 5.41) is 19.5. The van der Waals surface area contributed by atoms with Crippen LogP contribution in [-0.2, 0) is 14.4 Å². The Morgan fingerprint density at radius 1 is 1.21 bits per heavy atom. The zero-order valence-electron chi connectivity index (χ0n) is 17.2. The molecule has 2 N–H and O–H groups in total. The summed E-state index contributed by atoms with van der Waals surface area (Å²) in [4.78, 5) is 35.9. The summed E-state index contributed by atoms with van der Waals surface area (Å²) in [6.07, 6.45) is 13.2. The third-order valence-electron chi connectivity index (χ3n) is 9.14. The average molecular weight is 398 g/mol. The molecule has 0 amide bonds. The molecule has 4 aliphatic rings. The number of carboxylic acids is 2. The predicted molar refractivity (Wildman–Crippen MR) is 107 cm³/mol. The van der Waals surface area contributed by atoms with E-state index in [9.17, 15) is 24.6 Å². The zero-order valence-corrected chi connectivity index (χ0v) is 17.2. The average Bonchev–Trinajstić information content (AvgIpc) is 2.94. The first-order chi connectivity index (χ1) is 13.7. The van der Waals surface area contributed by atoms with Gasteiger partial charge in [0.25, 0.3) is 0 Å². The van der Waals surface area contributed by atoms with Gasteiger partial charge in [-0.15, -0.1) is 6.42 Å². The van der Waals surface area contributed by atoms with Gasteiger partial charge >= 0.3 is 11.9 Å². The largest absolute Gasteiger partial charge is 0.481 e. The van der Waals surface area contributed by atoms with Gasteiger partial charge in [0.05, 0.1) is 5.41 Å². The highest BCUT2D eigenvalue weighted by Crippen LogP contribution is 2.70. The summed E-state index contributed by atoms with van der Waals surface area (Å²) >= 11 is 0. The normalized spacial score (nSPS) is 43.6. The van der Waals surface area contributed by atoms with Crippen LogP contribution in [0.3, 0.4) is 0 Å². The standard InChI is InChI=1S/C24H30O5/c1-4-24(20(21(26)27)22(28)29)10-8-18-19-13(2)11-14-12-15(25)5-6-16(14)17(19)7-9-23(18,24)3/h1,12-13,16-20H,5-11H2,2-3H3,(H,26,27)(H,28,29)/t13-,16?,17?,18?,19?,23+,24+/m1/s1. The van der Waals surface area contributed by atoms with Crippen molar-refractivity contribution < 1.29 is 24.6 Å². The Balaban J connectivity index is 1.74. The van der Waals surface area contributed by atoms with Crippen LogP contribution in [0.2, 0.25) is 0 Å². The fourth-order valence-corrected chi connectivity index (χ4v) is 7.99. The van der Waals surface area contributed by atoms with Crippen molar-refractivity contribution in [2.75, 3.05) is 0 Å². The molecule has 7 atom stereocenters. The maximum atomic E-state index is 12.0. The molecule has 0 radical (unpaired) electrons. The van der Waals surface area contributed by atoms with E-state index in [0.29, 0.717) is 36.5 Å². The Morgan fingerprint density at radius 2 is 1.90 bits per heavy atom. The highest BCUT2D eigenvalue weighted by atomic mass is 16.4. The van der Waals surface area contributed by atoms with Gasteiger partial charge < -0.3 is 10.2 Å². The van der Waals surface area contributed by atoms with Crippen molar-refractivity contribution in [3.8, 4) is 12.3 Å². The van der Waals surface area contributed by atoms with E-state index >= 15 is 0 Å². The molecule has 0 aromatic rings. The molecule has 5 heteroatoms. The molecule has 0 aromatic heterocycles. The molecule has 3 saturated carbocycles. The number of terminal acetylenes is 1. The van der Waals surface area contributed by atoms with Gasteiger partial charge in [0.2, 0.25) is 0 Å². The van der Waals surface area contributed by atoms with E-state index in [0.717, 1.165) is 32.1 Å². The van der Waals surface area contributed by atoms with Crippen molar-refractivity contribution >= 4 is 17.7 Å². The number of aliphatic carboxylic acids is 2. The Hall–Kier alpha value is -2.09. The number of allylic oxidation sites excluding steroid dienone is 1. The summed E-state index contributed by atoms with van der Waals surface area (Å²) in [5.41, 5.74) is -0.350. The molecule has 0 aromatic carbocycles. The van der Waals surface area contributed by atoms with Crippen LogP contribution in [0.25, 0.3) is 0 Å². The highest BCUT2D eigenvalue weighted by molar-refractivity contribution is 5.95. The van der Waals surface area contributed by atoms with Crippen LogP contribution >= 0.6 is 0 Å². The number of carboxylic acid groups (broad SMARTS) is 2. The molecule has 29 heavy (non-hydrogen) atoms. The molecule has 0 aliphatic heterocycles. The molecular weight excluding hydrogens is 368 g/mol. The predicted octanol–water partition coefficient (Wildman–Crippen LogP) is 3.78. The molecule has 4 aliphatic carbocycles. The van der Waals surface area contributed by atoms with Crippen LogP contribution in [0.15, 0.2) is 11.6 Å². The lowest BCUT2D eigenvalue weighted by molar-refractivity contribution is -0.166. The first kappa shape index (κ1) is 20.2. The summed E-state index contributed by atoms with van der Waals surface area (Å²) in [7, 11) is 0. The number of hydrogen-bond donors (Lipinski definition) is 2. The van der Waals surface area contributed by atoms with Crippen LogP contribution in [0.5, 0.6) is 0 Å². The molecule has 4 unspecified atom stereocenters. The SMILES string of the molecule is C#C[C@@]1(C(C(=O)O)C(=O)O)CCC2C3C(CC[C@@]21C)C1CCC(=O)C=C1C[C@H]3C. The second-order valence-electron chi connectivity index (χ2n) is 10.1. The molecule has 0 bridgehead atoms. The van der Waals surface area contributed by atoms with Crippen molar-refractivity contribution in [3.63, 3.8) is 0 Å². The van der Waals surface area contributed by atoms with E-state index < -0.39 is 28.7 Å². The fraction of sp³-hybridized carbons (Fsp3) is 0.708. The summed E-state index contributed by atoms with van der Waals surface area (Å²) < 4.78 is 0. The number of ketones is 1. The molecule has 0 spiro atoms. The van der Waals surface area contributed by atoms with E-state index in [1.807, 2.05) is 6.08 Å². The highest BCUT2D eigenvalue weighted by Gasteiger charge is 2.68. The van der Waals surface area contributed by atoms with Crippen LogP contribution in [0, 0.1) is 58.7 Å². The van der Waals surface area contributed by atoms with Gasteiger partial charge in [-0.3, -0.25) is 14.4 Å². The Bertz CT molecular complexity index is 821. The number of fused-ring (bicyclic) bond motifs is 5. The Morgan fingerprint density at radius 3 is 2.52 bits per heavy atom. The Kier molecular flexibility index (Phi) is 4.68. The first-order valence-electron chi connectivity index (χ1n) is 10.8. The van der Waals surface area contributed by atoms with Crippen molar-refractivity contribution in [1.29, 1.82) is 0 Å². The smallest absolute Gasteiger partial charge is 0.319 e. The molecule has 4 rings (SSSR count). The van der Waals surface area contributed by atoms with Gasteiger partial charge in [0.1, 0.15) is 0 Å². The summed E-state index contributed by atoms with van der Waals surface area (Å²) in [6.45, 7) is 4.30. The Labute approximate surface area is 171 Å². The van der Waals surface area contributed by atoms with Gasteiger partial charge in [0.15, 0.2) is 11.7 Å². The molecule has 3 fully saturated rings.